The van der Waals surface area contributed by atoms with E-state index in [1.807, 2.05) is 12.5 Å². The van der Waals surface area contributed by atoms with Crippen LogP contribution in [0.2, 0.25) is 0 Å². The molecule has 0 fully saturated rings. The maximum atomic E-state index is 5.55. The van der Waals surface area contributed by atoms with Gasteiger partial charge in [0.15, 0.2) is 0 Å². The number of ether oxygens (including phenoxy) is 1. The highest BCUT2D eigenvalue weighted by atomic mass is 16.5. The minimum atomic E-state index is 0.330. The lowest BCUT2D eigenvalue weighted by Crippen LogP contribution is -2.09. The summed E-state index contributed by atoms with van der Waals surface area (Å²) >= 11 is 0. The highest BCUT2D eigenvalue weighted by molar-refractivity contribution is 5.04. The lowest BCUT2D eigenvalue weighted by molar-refractivity contribution is 0.0747. The van der Waals surface area contributed by atoms with E-state index in [9.17, 15) is 0 Å². The van der Waals surface area contributed by atoms with E-state index in [2.05, 4.69) is 37.2 Å². The van der Waals surface area contributed by atoms with Crippen LogP contribution in [0.5, 0.6) is 0 Å². The predicted molar refractivity (Wildman–Crippen MR) is 71.3 cm³/mol. The molecule has 1 aromatic heterocycles. The Kier molecular flexibility index (Phi) is 6.27. The van der Waals surface area contributed by atoms with E-state index in [0.29, 0.717) is 12.0 Å². The van der Waals surface area contributed by atoms with Gasteiger partial charge in [-0.3, -0.25) is 0 Å². The SMILES string of the molecule is CCCC(C)c1cncn1CCCOC(C)C. The lowest BCUT2D eigenvalue weighted by atomic mass is 10.0. The van der Waals surface area contributed by atoms with Crippen molar-refractivity contribution in [1.82, 2.24) is 9.55 Å². The van der Waals surface area contributed by atoms with Gasteiger partial charge in [-0.05, 0) is 32.6 Å². The summed E-state index contributed by atoms with van der Waals surface area (Å²) in [6, 6.07) is 0. The molecular weight excluding hydrogens is 212 g/mol. The molecule has 1 aromatic rings. The normalized spacial score (nSPS) is 13.2. The minimum Gasteiger partial charge on any atom is -0.379 e. The molecule has 3 nitrogen and oxygen atoms in total. The molecule has 0 amide bonds. The number of nitrogens with zero attached hydrogens (tertiary/aromatic N) is 2. The predicted octanol–water partition coefficient (Wildman–Crippen LogP) is 3.60. The highest BCUT2D eigenvalue weighted by Gasteiger charge is 2.09. The molecule has 1 atom stereocenters. The van der Waals surface area contributed by atoms with E-state index in [0.717, 1.165) is 19.6 Å². The first kappa shape index (κ1) is 14.2. The van der Waals surface area contributed by atoms with Crippen molar-refractivity contribution in [3.63, 3.8) is 0 Å². The summed E-state index contributed by atoms with van der Waals surface area (Å²) < 4.78 is 7.82. The molecule has 3 heteroatoms. The maximum Gasteiger partial charge on any atom is 0.0948 e. The topological polar surface area (TPSA) is 27.1 Å². The van der Waals surface area contributed by atoms with Crippen LogP contribution in [0.25, 0.3) is 0 Å². The van der Waals surface area contributed by atoms with Crippen LogP contribution in [-0.4, -0.2) is 22.3 Å². The third-order valence-corrected chi connectivity index (χ3v) is 2.97. The number of imidazole rings is 1. The van der Waals surface area contributed by atoms with Crippen molar-refractivity contribution in [1.29, 1.82) is 0 Å². The van der Waals surface area contributed by atoms with Crippen molar-refractivity contribution in [2.45, 2.75) is 65.5 Å². The number of aromatic nitrogens is 2. The zero-order chi connectivity index (χ0) is 12.7. The van der Waals surface area contributed by atoms with Crippen molar-refractivity contribution in [3.05, 3.63) is 18.2 Å². The molecule has 0 aliphatic rings. The Balaban J connectivity index is 2.40. The Morgan fingerprint density at radius 1 is 1.35 bits per heavy atom. The van der Waals surface area contributed by atoms with E-state index >= 15 is 0 Å². The summed E-state index contributed by atoms with van der Waals surface area (Å²) in [5, 5.41) is 0. The average molecular weight is 238 g/mol. The van der Waals surface area contributed by atoms with Crippen LogP contribution < -0.4 is 0 Å². The second kappa shape index (κ2) is 7.49. The van der Waals surface area contributed by atoms with Crippen molar-refractivity contribution in [3.8, 4) is 0 Å². The van der Waals surface area contributed by atoms with Gasteiger partial charge in [-0.2, -0.15) is 0 Å². The molecular formula is C14H26N2O. The van der Waals surface area contributed by atoms with Gasteiger partial charge in [0.05, 0.1) is 12.4 Å². The van der Waals surface area contributed by atoms with Gasteiger partial charge in [-0.25, -0.2) is 4.98 Å². The Morgan fingerprint density at radius 2 is 2.12 bits per heavy atom. The van der Waals surface area contributed by atoms with Gasteiger partial charge < -0.3 is 9.30 Å². The molecule has 0 radical (unpaired) electrons. The Morgan fingerprint density at radius 3 is 2.76 bits per heavy atom. The fraction of sp³-hybridized carbons (Fsp3) is 0.786. The first-order chi connectivity index (χ1) is 8.15. The van der Waals surface area contributed by atoms with Crippen molar-refractivity contribution in [2.24, 2.45) is 0 Å². The van der Waals surface area contributed by atoms with E-state index < -0.39 is 0 Å². The van der Waals surface area contributed by atoms with Gasteiger partial charge in [-0.15, -0.1) is 0 Å². The van der Waals surface area contributed by atoms with Gasteiger partial charge in [0.1, 0.15) is 0 Å². The zero-order valence-electron chi connectivity index (χ0n) is 11.6. The second-order valence-corrected chi connectivity index (χ2v) is 4.97. The molecule has 0 spiro atoms. The zero-order valence-corrected chi connectivity index (χ0v) is 11.6. The first-order valence-corrected chi connectivity index (χ1v) is 6.76. The Hall–Kier alpha value is -0.830. The fourth-order valence-corrected chi connectivity index (χ4v) is 2.06. The molecule has 0 aliphatic heterocycles. The van der Waals surface area contributed by atoms with Crippen LogP contribution >= 0.6 is 0 Å². The molecule has 0 N–H and O–H groups in total. The molecule has 1 rings (SSSR count). The molecule has 1 unspecified atom stereocenters. The van der Waals surface area contributed by atoms with E-state index in [-0.39, 0.29) is 0 Å². The molecule has 0 bridgehead atoms. The number of aryl methyl sites for hydroxylation is 1. The van der Waals surface area contributed by atoms with Crippen LogP contribution in [0.15, 0.2) is 12.5 Å². The summed E-state index contributed by atoms with van der Waals surface area (Å²) in [5.74, 6) is 0.605. The monoisotopic (exact) mass is 238 g/mol. The van der Waals surface area contributed by atoms with E-state index in [1.54, 1.807) is 0 Å². The van der Waals surface area contributed by atoms with Crippen molar-refractivity contribution >= 4 is 0 Å². The van der Waals surface area contributed by atoms with Crippen molar-refractivity contribution in [2.75, 3.05) is 6.61 Å². The summed E-state index contributed by atoms with van der Waals surface area (Å²) in [6.07, 6.45) is 7.79. The molecule has 0 aliphatic carbocycles. The molecule has 1 heterocycles. The van der Waals surface area contributed by atoms with Gasteiger partial charge in [-0.1, -0.05) is 20.3 Å². The second-order valence-electron chi connectivity index (χ2n) is 4.97. The van der Waals surface area contributed by atoms with Crippen LogP contribution in [0.4, 0.5) is 0 Å². The van der Waals surface area contributed by atoms with Gasteiger partial charge >= 0.3 is 0 Å². The quantitative estimate of drug-likeness (QED) is 0.647. The Labute approximate surface area is 105 Å². The fourth-order valence-electron chi connectivity index (χ4n) is 2.06. The molecule has 0 saturated carbocycles. The van der Waals surface area contributed by atoms with Crippen molar-refractivity contribution < 1.29 is 4.74 Å². The standard InChI is InChI=1S/C14H26N2O/c1-5-7-13(4)14-10-15-11-16(14)8-6-9-17-12(2)3/h10-13H,5-9H2,1-4H3. The number of hydrogen-bond acceptors (Lipinski definition) is 2. The lowest BCUT2D eigenvalue weighted by Gasteiger charge is -2.14. The third-order valence-electron chi connectivity index (χ3n) is 2.97. The van der Waals surface area contributed by atoms with E-state index in [4.69, 9.17) is 4.74 Å². The van der Waals surface area contributed by atoms with Crippen LogP contribution in [-0.2, 0) is 11.3 Å². The van der Waals surface area contributed by atoms with Gasteiger partial charge in [0.2, 0.25) is 0 Å². The minimum absolute atomic E-state index is 0.330. The largest absolute Gasteiger partial charge is 0.379 e. The summed E-state index contributed by atoms with van der Waals surface area (Å²) in [4.78, 5) is 4.26. The molecule has 0 aromatic carbocycles. The average Bonchev–Trinajstić information content (AvgIpc) is 2.72. The van der Waals surface area contributed by atoms with Crippen LogP contribution in [0.3, 0.4) is 0 Å². The summed E-state index contributed by atoms with van der Waals surface area (Å²) in [5.41, 5.74) is 1.36. The first-order valence-electron chi connectivity index (χ1n) is 6.76. The molecule has 17 heavy (non-hydrogen) atoms. The van der Waals surface area contributed by atoms with Gasteiger partial charge in [0.25, 0.3) is 0 Å². The molecule has 98 valence electrons. The highest BCUT2D eigenvalue weighted by Crippen LogP contribution is 2.20. The third kappa shape index (κ3) is 4.90. The summed E-state index contributed by atoms with van der Waals surface area (Å²) in [7, 11) is 0. The molecule has 0 saturated heterocycles. The number of hydrogen-bond donors (Lipinski definition) is 0. The Bertz CT molecular complexity index is 307. The van der Waals surface area contributed by atoms with Gasteiger partial charge in [0, 0.05) is 25.0 Å². The smallest absolute Gasteiger partial charge is 0.0948 e. The maximum absolute atomic E-state index is 5.55. The van der Waals surface area contributed by atoms with Crippen LogP contribution in [0.1, 0.15) is 58.6 Å². The number of rotatable bonds is 8. The summed E-state index contributed by atoms with van der Waals surface area (Å²) in [6.45, 7) is 10.5. The van der Waals surface area contributed by atoms with Crippen LogP contribution in [0, 0.1) is 0 Å². The van der Waals surface area contributed by atoms with E-state index in [1.165, 1.54) is 18.5 Å².